The van der Waals surface area contributed by atoms with Crippen LogP contribution in [0.3, 0.4) is 0 Å². The van der Waals surface area contributed by atoms with Crippen molar-refractivity contribution in [3.63, 3.8) is 0 Å². The monoisotopic (exact) mass is 1230 g/mol. The molecule has 2 saturated carbocycles. The predicted molar refractivity (Wildman–Crippen MR) is 365 cm³/mol. The first-order valence-electron chi connectivity index (χ1n) is 31.6. The van der Waals surface area contributed by atoms with Gasteiger partial charge in [-0.15, -0.1) is 18.0 Å². The maximum absolute atomic E-state index is 12.3. The summed E-state index contributed by atoms with van der Waals surface area (Å²) in [6, 6.07) is 59.3. The van der Waals surface area contributed by atoms with E-state index in [1.807, 2.05) is 134 Å². The molecule has 0 amide bonds. The van der Waals surface area contributed by atoms with Gasteiger partial charge in [0.05, 0.1) is 48.8 Å². The summed E-state index contributed by atoms with van der Waals surface area (Å²) < 4.78 is 12.3. The number of hydrogen-bond donors (Lipinski definition) is 9. The highest BCUT2D eigenvalue weighted by Crippen LogP contribution is 2.34. The van der Waals surface area contributed by atoms with Gasteiger partial charge in [0.25, 0.3) is 0 Å². The average molecular weight is 1230 g/mol. The number of halogens is 2. The normalized spacial score (nSPS) is 18.8. The van der Waals surface area contributed by atoms with Crippen molar-refractivity contribution in [3.8, 4) is 12.3 Å². The van der Waals surface area contributed by atoms with Crippen LogP contribution in [0.1, 0.15) is 210 Å². The molecule has 0 heterocycles. The minimum atomic E-state index is -0.588. The van der Waals surface area contributed by atoms with Crippen LogP contribution in [0.15, 0.2) is 188 Å². The van der Waals surface area contributed by atoms with Crippen LogP contribution in [-0.2, 0) is 0 Å². The van der Waals surface area contributed by atoms with Crippen molar-refractivity contribution in [3.05, 3.63) is 227 Å². The molecule has 88 heavy (non-hydrogen) atoms. The van der Waals surface area contributed by atoms with E-state index >= 15 is 0 Å². The molecule has 0 aliphatic heterocycles. The van der Waals surface area contributed by atoms with Gasteiger partial charge in [0.1, 0.15) is 11.9 Å². The number of alkyl halides is 1. The Bertz CT molecular complexity index is 2730. The smallest absolute Gasteiger partial charge is 0.123 e. The van der Waals surface area contributed by atoms with Crippen LogP contribution in [0.25, 0.3) is 10.8 Å². The molecule has 2 aliphatic carbocycles. The highest BCUT2D eigenvalue weighted by Gasteiger charge is 2.29. The van der Waals surface area contributed by atoms with Crippen molar-refractivity contribution in [2.75, 3.05) is 5.88 Å². The average Bonchev–Trinajstić information content (AvgIpc) is 3.61. The fraction of sp³-hybridized carbons (Fsp3) is 0.455. The molecule has 9 N–H and O–H groups in total. The van der Waals surface area contributed by atoms with E-state index in [0.29, 0.717) is 30.1 Å². The molecular formula is C77H108ClFO9. The van der Waals surface area contributed by atoms with Crippen LogP contribution in [-0.4, -0.2) is 76.3 Å². The number of hydrogen-bond acceptors (Lipinski definition) is 9. The number of terminal acetylenes is 1. The van der Waals surface area contributed by atoms with E-state index in [-0.39, 0.29) is 42.4 Å². The molecule has 2 fully saturated rings. The molecule has 7 aromatic carbocycles. The van der Waals surface area contributed by atoms with Gasteiger partial charge < -0.3 is 46.0 Å². The third-order valence-corrected chi connectivity index (χ3v) is 15.2. The molecule has 2 aliphatic rings. The zero-order chi connectivity index (χ0) is 65.8. The molecule has 9 nitrogen and oxygen atoms in total. The molecule has 0 radical (unpaired) electrons. The van der Waals surface area contributed by atoms with Crippen molar-refractivity contribution >= 4 is 22.4 Å². The first kappa shape index (κ1) is 80.2. The van der Waals surface area contributed by atoms with Gasteiger partial charge in [-0.1, -0.05) is 236 Å². The van der Waals surface area contributed by atoms with Gasteiger partial charge in [-0.05, 0) is 160 Å². The Kier molecular flexibility index (Phi) is 43.9. The Balaban J connectivity index is 0.000000502. The lowest BCUT2D eigenvalue weighted by atomic mass is 9.75. The summed E-state index contributed by atoms with van der Waals surface area (Å²) in [5.74, 6) is 4.64. The van der Waals surface area contributed by atoms with E-state index in [0.717, 1.165) is 72.3 Å². The van der Waals surface area contributed by atoms with E-state index in [1.165, 1.54) is 54.2 Å². The Morgan fingerprint density at radius 2 is 0.909 bits per heavy atom. The molecule has 0 saturated heterocycles. The standard InChI is InChI=1S/C12H12O.C12H16O.C10H20O.C10H14O.C9H11ClO.C8H9FO.C8H10O.C4H10O.C4H6O/c1-9(13)11-7-6-10-4-2-3-5-12(10)8-11;13-12-9-5-4-8-11(12)10-6-2-1-3-7-10;1-7(2)9-5-4-8(3)6-10(9)11;1-2-6-10(11)9-7-4-3-5-8-9;10-7-6-9(11)8-4-2-1-3-5-8;1-6(10)7-2-4-8(9)5-3-7;1-7(9)8-5-3-2-4-6-8;2*1-3-4(2)5/h2-9,13H,1H3;1-3,6-7,11-13H,4-5,8-9H2;7-11H,4-6H2,1-3H3;3-5,7-8,10-11H,2,6H2,1H3;1-5,9,11H,6-7H2;2-6,10H,1H3;2-7,9H,1H3;4-5H,3H2,1-2H3;1,4-5H,2H3. The van der Waals surface area contributed by atoms with Gasteiger partial charge in [0.15, 0.2) is 0 Å². The fourth-order valence-electron chi connectivity index (χ4n) is 9.35. The van der Waals surface area contributed by atoms with Gasteiger partial charge in [-0.2, -0.15) is 0 Å². The van der Waals surface area contributed by atoms with Gasteiger partial charge in [0.2, 0.25) is 0 Å². The second-order valence-corrected chi connectivity index (χ2v) is 23.5. The topological polar surface area (TPSA) is 182 Å². The zero-order valence-corrected chi connectivity index (χ0v) is 55.0. The number of aliphatic hydroxyl groups excluding tert-OH is 9. The second kappa shape index (κ2) is 48.1. The van der Waals surface area contributed by atoms with Gasteiger partial charge in [-0.25, -0.2) is 4.39 Å². The Labute approximate surface area is 534 Å². The highest BCUT2D eigenvalue weighted by molar-refractivity contribution is 6.17. The molecule has 12 unspecified atom stereocenters. The maximum Gasteiger partial charge on any atom is 0.123 e. The van der Waals surface area contributed by atoms with E-state index in [9.17, 15) is 29.9 Å². The van der Waals surface area contributed by atoms with Crippen molar-refractivity contribution in [1.29, 1.82) is 0 Å². The summed E-state index contributed by atoms with van der Waals surface area (Å²) in [7, 11) is 0. The molecule has 0 bridgehead atoms. The summed E-state index contributed by atoms with van der Waals surface area (Å²) in [5.41, 5.74) is 5.94. The van der Waals surface area contributed by atoms with Crippen LogP contribution < -0.4 is 0 Å². The SMILES string of the molecule is C#CC(C)O.CC(O)c1ccc(F)cc1.CC(O)c1ccc2ccccc2c1.CC(O)c1ccccc1.CC1CCC(C(C)C)C(O)C1.CCC(C)O.CCCC(O)c1ccccc1.OC(CCCl)c1ccccc1.OC1CCCCC1c1ccccc1. The molecule has 0 aromatic heterocycles. The van der Waals surface area contributed by atoms with Crippen LogP contribution in [0, 0.1) is 35.9 Å². The lowest BCUT2D eigenvalue weighted by Gasteiger charge is -2.33. The van der Waals surface area contributed by atoms with Crippen molar-refractivity contribution in [2.45, 2.75) is 201 Å². The van der Waals surface area contributed by atoms with Gasteiger partial charge in [0, 0.05) is 11.8 Å². The Hall–Kier alpha value is -5.78. The summed E-state index contributed by atoms with van der Waals surface area (Å²) in [5, 5.41) is 84.8. The first-order chi connectivity index (χ1) is 42.0. The third-order valence-electron chi connectivity index (χ3n) is 15.0. The lowest BCUT2D eigenvalue weighted by molar-refractivity contribution is 0.0265. The summed E-state index contributed by atoms with van der Waals surface area (Å²) in [6.07, 6.45) is 13.4. The number of fused-ring (bicyclic) bond motifs is 1. The lowest BCUT2D eigenvalue weighted by Crippen LogP contribution is -2.31. The number of aliphatic hydroxyl groups is 9. The minimum absolute atomic E-state index is 0.0289. The van der Waals surface area contributed by atoms with E-state index in [4.69, 9.17) is 32.0 Å². The van der Waals surface area contributed by atoms with Gasteiger partial charge in [-0.3, -0.25) is 0 Å². The maximum atomic E-state index is 12.3. The first-order valence-corrected chi connectivity index (χ1v) is 32.1. The van der Waals surface area contributed by atoms with Crippen molar-refractivity contribution in [2.24, 2.45) is 17.8 Å². The van der Waals surface area contributed by atoms with Crippen LogP contribution >= 0.6 is 11.6 Å². The van der Waals surface area contributed by atoms with Crippen LogP contribution in [0.5, 0.6) is 0 Å². The summed E-state index contributed by atoms with van der Waals surface area (Å²) in [6.45, 7) is 19.2. The molecular weight excluding hydrogens is 1120 g/mol. The molecule has 7 aromatic rings. The quantitative estimate of drug-likeness (QED) is 0.0425. The second-order valence-electron chi connectivity index (χ2n) is 23.1. The summed E-state index contributed by atoms with van der Waals surface area (Å²) >= 11 is 5.49. The Morgan fingerprint density at radius 3 is 1.31 bits per heavy atom. The molecule has 12 atom stereocenters. The van der Waals surface area contributed by atoms with Crippen LogP contribution in [0.2, 0.25) is 0 Å². The largest absolute Gasteiger partial charge is 0.393 e. The number of benzene rings is 7. The number of rotatable bonds is 12. The fourth-order valence-corrected chi connectivity index (χ4v) is 9.56. The minimum Gasteiger partial charge on any atom is -0.393 e. The molecule has 484 valence electrons. The summed E-state index contributed by atoms with van der Waals surface area (Å²) in [4.78, 5) is 0. The Morgan fingerprint density at radius 1 is 0.500 bits per heavy atom. The van der Waals surface area contributed by atoms with E-state index < -0.39 is 18.3 Å². The molecule has 9 rings (SSSR count). The van der Waals surface area contributed by atoms with Gasteiger partial charge >= 0.3 is 0 Å². The van der Waals surface area contributed by atoms with Crippen molar-refractivity contribution in [1.82, 2.24) is 0 Å². The van der Waals surface area contributed by atoms with E-state index in [1.54, 1.807) is 46.8 Å². The predicted octanol–water partition coefficient (Wildman–Crippen LogP) is 17.3. The molecule has 0 spiro atoms. The molecule has 11 heteroatoms. The third kappa shape index (κ3) is 36.0. The van der Waals surface area contributed by atoms with Crippen molar-refractivity contribution < 1.29 is 50.3 Å². The highest BCUT2D eigenvalue weighted by atomic mass is 35.5. The van der Waals surface area contributed by atoms with Crippen LogP contribution in [0.4, 0.5) is 4.39 Å². The zero-order valence-electron chi connectivity index (χ0n) is 54.2. The van der Waals surface area contributed by atoms with E-state index in [2.05, 4.69) is 76.4 Å².